The van der Waals surface area contributed by atoms with Gasteiger partial charge in [-0.05, 0) is 48.1 Å². The maximum absolute atomic E-state index is 12.6. The van der Waals surface area contributed by atoms with E-state index in [2.05, 4.69) is 53.6 Å². The molecule has 3 aromatic rings. The molecule has 0 spiro atoms. The van der Waals surface area contributed by atoms with Crippen molar-refractivity contribution in [3.8, 4) is 5.69 Å². The van der Waals surface area contributed by atoms with Gasteiger partial charge in [0.25, 0.3) is 0 Å². The molecule has 0 bridgehead atoms. The zero-order chi connectivity index (χ0) is 17.8. The molecule has 4 rings (SSSR count). The van der Waals surface area contributed by atoms with E-state index in [9.17, 15) is 4.79 Å². The van der Waals surface area contributed by atoms with Gasteiger partial charge in [-0.25, -0.2) is 4.68 Å². The standard InChI is InChI=1S/C22H23N3O/c26-22-12-9-20(19-5-2-1-3-6-19)13-16-24(22)17-18-7-10-21(11-8-18)25-15-4-14-23-25/h1-8,10-11,14-15,20H,9,12-13,16-17H2. The molecule has 132 valence electrons. The van der Waals surface area contributed by atoms with E-state index in [1.54, 1.807) is 6.20 Å². The molecule has 4 heteroatoms. The molecule has 0 radical (unpaired) electrons. The second-order valence-corrected chi connectivity index (χ2v) is 6.87. The number of likely N-dealkylation sites (tertiary alicyclic amines) is 1. The maximum Gasteiger partial charge on any atom is 0.222 e. The summed E-state index contributed by atoms with van der Waals surface area (Å²) in [5.74, 6) is 0.743. The van der Waals surface area contributed by atoms with Crippen LogP contribution in [-0.2, 0) is 11.3 Å². The van der Waals surface area contributed by atoms with Crippen molar-refractivity contribution < 1.29 is 4.79 Å². The van der Waals surface area contributed by atoms with Crippen LogP contribution in [-0.4, -0.2) is 27.1 Å². The summed E-state index contributed by atoms with van der Waals surface area (Å²) in [6.07, 6.45) is 6.30. The Labute approximate surface area is 154 Å². The van der Waals surface area contributed by atoms with Crippen LogP contribution in [0.15, 0.2) is 73.1 Å². The highest BCUT2D eigenvalue weighted by molar-refractivity contribution is 5.76. The average Bonchev–Trinajstić information content (AvgIpc) is 3.16. The number of benzene rings is 2. The van der Waals surface area contributed by atoms with E-state index in [1.165, 1.54) is 5.56 Å². The molecule has 2 heterocycles. The first-order valence-electron chi connectivity index (χ1n) is 9.21. The third-order valence-electron chi connectivity index (χ3n) is 5.16. The molecule has 26 heavy (non-hydrogen) atoms. The molecule has 1 amide bonds. The van der Waals surface area contributed by atoms with Crippen molar-refractivity contribution >= 4 is 5.91 Å². The predicted molar refractivity (Wildman–Crippen MR) is 102 cm³/mol. The number of hydrogen-bond acceptors (Lipinski definition) is 2. The molecule has 0 N–H and O–H groups in total. The summed E-state index contributed by atoms with van der Waals surface area (Å²) in [4.78, 5) is 14.6. The lowest BCUT2D eigenvalue weighted by Crippen LogP contribution is -2.29. The first-order valence-corrected chi connectivity index (χ1v) is 9.21. The molecule has 4 nitrogen and oxygen atoms in total. The van der Waals surface area contributed by atoms with Gasteiger partial charge in [0.2, 0.25) is 5.91 Å². The Morgan fingerprint density at radius 3 is 2.50 bits per heavy atom. The number of amides is 1. The smallest absolute Gasteiger partial charge is 0.222 e. The molecular weight excluding hydrogens is 322 g/mol. The zero-order valence-electron chi connectivity index (χ0n) is 14.8. The molecule has 1 aromatic heterocycles. The number of carbonyl (C=O) groups is 1. The van der Waals surface area contributed by atoms with Gasteiger partial charge in [-0.15, -0.1) is 0 Å². The minimum Gasteiger partial charge on any atom is -0.338 e. The minimum absolute atomic E-state index is 0.264. The Bertz CT molecular complexity index is 841. The van der Waals surface area contributed by atoms with Gasteiger partial charge in [-0.1, -0.05) is 42.5 Å². The van der Waals surface area contributed by atoms with Gasteiger partial charge in [-0.2, -0.15) is 5.10 Å². The fourth-order valence-electron chi connectivity index (χ4n) is 3.66. The largest absolute Gasteiger partial charge is 0.338 e. The van der Waals surface area contributed by atoms with Crippen LogP contribution in [0.25, 0.3) is 5.69 Å². The third kappa shape index (κ3) is 3.69. The number of hydrogen-bond donors (Lipinski definition) is 0. The van der Waals surface area contributed by atoms with E-state index < -0.39 is 0 Å². The molecule has 1 atom stereocenters. The minimum atomic E-state index is 0.264. The second kappa shape index (κ2) is 7.56. The van der Waals surface area contributed by atoms with Gasteiger partial charge < -0.3 is 4.90 Å². The summed E-state index contributed by atoms with van der Waals surface area (Å²) in [7, 11) is 0. The summed E-state index contributed by atoms with van der Waals surface area (Å²) in [6, 6.07) is 20.8. The van der Waals surface area contributed by atoms with Crippen LogP contribution >= 0.6 is 0 Å². The third-order valence-corrected chi connectivity index (χ3v) is 5.16. The number of aromatic nitrogens is 2. The zero-order valence-corrected chi connectivity index (χ0v) is 14.8. The normalized spacial score (nSPS) is 17.9. The lowest BCUT2D eigenvalue weighted by atomic mass is 9.92. The predicted octanol–water partition coefficient (Wildman–Crippen LogP) is 4.17. The Kier molecular flexibility index (Phi) is 4.82. The first kappa shape index (κ1) is 16.6. The van der Waals surface area contributed by atoms with E-state index in [1.807, 2.05) is 27.9 Å². The molecule has 1 fully saturated rings. The summed E-state index contributed by atoms with van der Waals surface area (Å²) in [5, 5.41) is 4.25. The van der Waals surface area contributed by atoms with Crippen LogP contribution in [0.5, 0.6) is 0 Å². The highest BCUT2D eigenvalue weighted by atomic mass is 16.2. The first-order chi connectivity index (χ1) is 12.8. The average molecular weight is 345 g/mol. The van der Waals surface area contributed by atoms with Crippen LogP contribution < -0.4 is 0 Å². The number of nitrogens with zero attached hydrogens (tertiary/aromatic N) is 3. The maximum atomic E-state index is 12.6. The molecule has 2 aromatic carbocycles. The Hall–Kier alpha value is -2.88. The molecule has 1 unspecified atom stereocenters. The van der Waals surface area contributed by atoms with Crippen LogP contribution in [0.4, 0.5) is 0 Å². The molecule has 1 aliphatic rings. The van der Waals surface area contributed by atoms with Gasteiger partial charge in [0.15, 0.2) is 0 Å². The fraction of sp³-hybridized carbons (Fsp3) is 0.273. The summed E-state index contributed by atoms with van der Waals surface area (Å²) >= 11 is 0. The molecule has 0 aliphatic carbocycles. The van der Waals surface area contributed by atoms with Gasteiger partial charge >= 0.3 is 0 Å². The SMILES string of the molecule is O=C1CCC(c2ccccc2)CCN1Cc1ccc(-n2cccn2)cc1. The van der Waals surface area contributed by atoms with Crippen molar-refractivity contribution in [2.24, 2.45) is 0 Å². The van der Waals surface area contributed by atoms with Crippen molar-refractivity contribution in [1.82, 2.24) is 14.7 Å². The highest BCUT2D eigenvalue weighted by Gasteiger charge is 2.23. The van der Waals surface area contributed by atoms with Crippen molar-refractivity contribution in [1.29, 1.82) is 0 Å². The second-order valence-electron chi connectivity index (χ2n) is 6.87. The van der Waals surface area contributed by atoms with Gasteiger partial charge in [0.1, 0.15) is 0 Å². The quantitative estimate of drug-likeness (QED) is 0.712. The number of rotatable bonds is 4. The van der Waals surface area contributed by atoms with Crippen LogP contribution in [0.1, 0.15) is 36.3 Å². The van der Waals surface area contributed by atoms with Crippen molar-refractivity contribution in [2.45, 2.75) is 31.7 Å². The Morgan fingerprint density at radius 2 is 1.77 bits per heavy atom. The topological polar surface area (TPSA) is 38.1 Å². The van der Waals surface area contributed by atoms with E-state index in [-0.39, 0.29) is 5.91 Å². The Morgan fingerprint density at radius 1 is 0.962 bits per heavy atom. The van der Waals surface area contributed by atoms with Gasteiger partial charge in [0.05, 0.1) is 5.69 Å². The summed E-state index contributed by atoms with van der Waals surface area (Å²) < 4.78 is 1.84. The van der Waals surface area contributed by atoms with Crippen molar-refractivity contribution in [3.05, 3.63) is 84.2 Å². The van der Waals surface area contributed by atoms with Crippen LogP contribution in [0.2, 0.25) is 0 Å². The van der Waals surface area contributed by atoms with Crippen LogP contribution in [0, 0.1) is 0 Å². The van der Waals surface area contributed by atoms with Crippen LogP contribution in [0.3, 0.4) is 0 Å². The van der Waals surface area contributed by atoms with Crippen molar-refractivity contribution in [3.63, 3.8) is 0 Å². The van der Waals surface area contributed by atoms with E-state index in [0.717, 1.165) is 30.6 Å². The van der Waals surface area contributed by atoms with Crippen molar-refractivity contribution in [2.75, 3.05) is 6.54 Å². The van der Waals surface area contributed by atoms with Gasteiger partial charge in [0, 0.05) is 31.9 Å². The summed E-state index contributed by atoms with van der Waals surface area (Å²) in [5.41, 5.74) is 3.54. The van der Waals surface area contributed by atoms with E-state index >= 15 is 0 Å². The lowest BCUT2D eigenvalue weighted by molar-refractivity contribution is -0.131. The number of carbonyl (C=O) groups excluding carboxylic acids is 1. The molecule has 1 aliphatic heterocycles. The van der Waals surface area contributed by atoms with Gasteiger partial charge in [-0.3, -0.25) is 4.79 Å². The highest BCUT2D eigenvalue weighted by Crippen LogP contribution is 2.29. The Balaban J connectivity index is 1.42. The monoisotopic (exact) mass is 345 g/mol. The summed E-state index contributed by atoms with van der Waals surface area (Å²) in [6.45, 7) is 1.50. The fourth-order valence-corrected chi connectivity index (χ4v) is 3.66. The van der Waals surface area contributed by atoms with E-state index in [4.69, 9.17) is 0 Å². The molecule has 0 saturated carbocycles. The lowest BCUT2D eigenvalue weighted by Gasteiger charge is -2.21. The molecular formula is C22H23N3O. The molecule has 1 saturated heterocycles. The van der Waals surface area contributed by atoms with E-state index in [0.29, 0.717) is 18.9 Å².